The lowest BCUT2D eigenvalue weighted by molar-refractivity contribution is -0.147. The Morgan fingerprint density at radius 3 is 2.84 bits per heavy atom. The lowest BCUT2D eigenvalue weighted by Gasteiger charge is -2.50. The second-order valence-electron chi connectivity index (χ2n) is 5.39. The first-order valence-electron chi connectivity index (χ1n) is 6.82. The molecule has 1 saturated carbocycles. The van der Waals surface area contributed by atoms with Crippen molar-refractivity contribution < 1.29 is 19.3 Å². The first-order chi connectivity index (χ1) is 9.15. The highest BCUT2D eigenvalue weighted by molar-refractivity contribution is 5.44. The highest BCUT2D eigenvalue weighted by atomic mass is 16.5. The van der Waals surface area contributed by atoms with Gasteiger partial charge in [0.05, 0.1) is 19.3 Å². The zero-order chi connectivity index (χ0) is 13.5. The first-order valence-corrected chi connectivity index (χ1v) is 6.82. The molecule has 1 aliphatic heterocycles. The maximum Gasteiger partial charge on any atom is 0.129 e. The Morgan fingerprint density at radius 2 is 2.16 bits per heavy atom. The van der Waals surface area contributed by atoms with Gasteiger partial charge in [0, 0.05) is 37.5 Å². The highest BCUT2D eigenvalue weighted by Gasteiger charge is 2.51. The van der Waals surface area contributed by atoms with E-state index in [1.54, 1.807) is 7.11 Å². The molecular formula is C15H20O4. The van der Waals surface area contributed by atoms with Crippen LogP contribution in [0.4, 0.5) is 0 Å². The van der Waals surface area contributed by atoms with E-state index in [1.807, 2.05) is 25.1 Å². The van der Waals surface area contributed by atoms with Crippen LogP contribution < -0.4 is 9.47 Å². The minimum Gasteiger partial charge on any atom is -0.497 e. The van der Waals surface area contributed by atoms with Crippen LogP contribution in [0.2, 0.25) is 0 Å². The Bertz CT molecular complexity index is 465. The molecule has 1 aliphatic carbocycles. The molecule has 0 amide bonds. The van der Waals surface area contributed by atoms with Crippen molar-refractivity contribution in [3.8, 4) is 11.5 Å². The SMILES string of the molecule is CCOC1CC2(C1)C[C@@H](O)c1ccc(OC)cc1O2. The first kappa shape index (κ1) is 12.8. The lowest BCUT2D eigenvalue weighted by Crippen LogP contribution is -2.55. The number of aliphatic hydroxyl groups excluding tert-OH is 1. The van der Waals surface area contributed by atoms with Gasteiger partial charge in [-0.15, -0.1) is 0 Å². The summed E-state index contributed by atoms with van der Waals surface area (Å²) >= 11 is 0. The quantitative estimate of drug-likeness (QED) is 0.911. The van der Waals surface area contributed by atoms with Gasteiger partial charge in [-0.1, -0.05) is 0 Å². The van der Waals surface area contributed by atoms with E-state index in [-0.39, 0.29) is 11.7 Å². The number of ether oxygens (including phenoxy) is 3. The third kappa shape index (κ3) is 2.19. The Labute approximate surface area is 113 Å². The summed E-state index contributed by atoms with van der Waals surface area (Å²) < 4.78 is 16.9. The smallest absolute Gasteiger partial charge is 0.129 e. The second-order valence-corrected chi connectivity index (χ2v) is 5.39. The summed E-state index contributed by atoms with van der Waals surface area (Å²) in [4.78, 5) is 0. The van der Waals surface area contributed by atoms with Gasteiger partial charge in [0.2, 0.25) is 0 Å². The lowest BCUT2D eigenvalue weighted by atomic mass is 9.71. The van der Waals surface area contributed by atoms with Gasteiger partial charge in [-0.05, 0) is 19.1 Å². The van der Waals surface area contributed by atoms with Crippen LogP contribution in [0.1, 0.15) is 37.9 Å². The van der Waals surface area contributed by atoms with Gasteiger partial charge in [0.25, 0.3) is 0 Å². The van der Waals surface area contributed by atoms with Crippen LogP contribution in [0, 0.1) is 0 Å². The predicted molar refractivity (Wildman–Crippen MR) is 70.6 cm³/mol. The summed E-state index contributed by atoms with van der Waals surface area (Å²) in [6, 6.07) is 5.59. The fraction of sp³-hybridized carbons (Fsp3) is 0.600. The normalized spacial score (nSPS) is 32.4. The summed E-state index contributed by atoms with van der Waals surface area (Å²) in [5.74, 6) is 1.50. The number of rotatable bonds is 3. The van der Waals surface area contributed by atoms with E-state index in [2.05, 4.69) is 0 Å². The number of hydrogen-bond donors (Lipinski definition) is 1. The van der Waals surface area contributed by atoms with E-state index in [9.17, 15) is 5.11 Å². The van der Waals surface area contributed by atoms with Crippen molar-refractivity contribution >= 4 is 0 Å². The molecule has 1 aromatic carbocycles. The Hall–Kier alpha value is -1.26. The number of aliphatic hydroxyl groups is 1. The van der Waals surface area contributed by atoms with E-state index in [4.69, 9.17) is 14.2 Å². The molecule has 1 atom stereocenters. The van der Waals surface area contributed by atoms with E-state index >= 15 is 0 Å². The van der Waals surface area contributed by atoms with Crippen molar-refractivity contribution in [2.24, 2.45) is 0 Å². The van der Waals surface area contributed by atoms with Crippen molar-refractivity contribution in [2.75, 3.05) is 13.7 Å². The maximum absolute atomic E-state index is 10.3. The van der Waals surface area contributed by atoms with Gasteiger partial charge < -0.3 is 19.3 Å². The van der Waals surface area contributed by atoms with E-state index in [0.29, 0.717) is 6.42 Å². The zero-order valence-electron chi connectivity index (χ0n) is 11.4. The molecule has 1 fully saturated rings. The molecule has 0 unspecified atom stereocenters. The summed E-state index contributed by atoms with van der Waals surface area (Å²) in [5.41, 5.74) is 0.602. The largest absolute Gasteiger partial charge is 0.497 e. The monoisotopic (exact) mass is 264 g/mol. The van der Waals surface area contributed by atoms with Crippen LogP contribution in [-0.4, -0.2) is 30.5 Å². The van der Waals surface area contributed by atoms with Crippen LogP contribution in [0.3, 0.4) is 0 Å². The summed E-state index contributed by atoms with van der Waals surface area (Å²) in [5, 5.41) is 10.3. The van der Waals surface area contributed by atoms with Crippen molar-refractivity contribution in [1.82, 2.24) is 0 Å². The van der Waals surface area contributed by atoms with E-state index in [0.717, 1.165) is 36.5 Å². The zero-order valence-corrected chi connectivity index (χ0v) is 11.4. The van der Waals surface area contributed by atoms with Gasteiger partial charge >= 0.3 is 0 Å². The third-order valence-electron chi connectivity index (χ3n) is 4.07. The van der Waals surface area contributed by atoms with Crippen molar-refractivity contribution in [1.29, 1.82) is 0 Å². The number of benzene rings is 1. The van der Waals surface area contributed by atoms with Gasteiger partial charge in [0.1, 0.15) is 17.1 Å². The molecule has 1 heterocycles. The topological polar surface area (TPSA) is 47.9 Å². The molecule has 3 rings (SSSR count). The number of methoxy groups -OCH3 is 1. The molecule has 19 heavy (non-hydrogen) atoms. The molecule has 2 aliphatic rings. The number of fused-ring (bicyclic) bond motifs is 1. The second kappa shape index (κ2) is 4.69. The van der Waals surface area contributed by atoms with Crippen LogP contribution in [-0.2, 0) is 4.74 Å². The minimum absolute atomic E-state index is 0.251. The Kier molecular flexibility index (Phi) is 3.15. The van der Waals surface area contributed by atoms with Gasteiger partial charge in [-0.25, -0.2) is 0 Å². The van der Waals surface area contributed by atoms with Crippen LogP contribution in [0.5, 0.6) is 11.5 Å². The van der Waals surface area contributed by atoms with E-state index in [1.165, 1.54) is 0 Å². The van der Waals surface area contributed by atoms with Crippen LogP contribution in [0.15, 0.2) is 18.2 Å². The van der Waals surface area contributed by atoms with Crippen LogP contribution in [0.25, 0.3) is 0 Å². The van der Waals surface area contributed by atoms with Crippen molar-refractivity contribution in [2.45, 2.75) is 44.0 Å². The molecule has 104 valence electrons. The van der Waals surface area contributed by atoms with Crippen molar-refractivity contribution in [3.63, 3.8) is 0 Å². The van der Waals surface area contributed by atoms with Gasteiger partial charge in [-0.3, -0.25) is 0 Å². The fourth-order valence-electron chi connectivity index (χ4n) is 3.12. The number of hydrogen-bond acceptors (Lipinski definition) is 4. The molecule has 4 heteroatoms. The third-order valence-corrected chi connectivity index (χ3v) is 4.07. The molecule has 0 radical (unpaired) electrons. The average Bonchev–Trinajstić information content (AvgIpc) is 2.36. The van der Waals surface area contributed by atoms with Gasteiger partial charge in [0.15, 0.2) is 0 Å². The molecule has 4 nitrogen and oxygen atoms in total. The van der Waals surface area contributed by atoms with E-state index < -0.39 is 6.10 Å². The molecule has 1 aromatic rings. The summed E-state index contributed by atoms with van der Waals surface area (Å²) in [6.45, 7) is 2.73. The van der Waals surface area contributed by atoms with Crippen molar-refractivity contribution in [3.05, 3.63) is 23.8 Å². The highest BCUT2D eigenvalue weighted by Crippen LogP contribution is 2.50. The molecule has 0 aromatic heterocycles. The Morgan fingerprint density at radius 1 is 1.37 bits per heavy atom. The predicted octanol–water partition coefficient (Wildman–Crippen LogP) is 2.45. The molecule has 1 N–H and O–H groups in total. The van der Waals surface area contributed by atoms with Gasteiger partial charge in [-0.2, -0.15) is 0 Å². The molecule has 1 spiro atoms. The molecule has 0 saturated heterocycles. The summed E-state index contributed by atoms with van der Waals surface area (Å²) in [6.07, 6.45) is 2.17. The maximum atomic E-state index is 10.3. The summed E-state index contributed by atoms with van der Waals surface area (Å²) in [7, 11) is 1.63. The minimum atomic E-state index is -0.461. The average molecular weight is 264 g/mol. The Balaban J connectivity index is 1.80. The fourth-order valence-corrected chi connectivity index (χ4v) is 3.12. The van der Waals surface area contributed by atoms with Crippen LogP contribution >= 0.6 is 0 Å². The molecule has 0 bridgehead atoms. The standard InChI is InChI=1S/C15H20O4/c1-3-18-11-7-15(8-11)9-13(16)12-5-4-10(17-2)6-14(12)19-15/h4-6,11,13,16H,3,7-9H2,1-2H3/t11?,13-,15?/m1/s1. The molecular weight excluding hydrogens is 244 g/mol.